The lowest BCUT2D eigenvalue weighted by atomic mass is 10.1. The molecule has 0 aromatic heterocycles. The van der Waals surface area contributed by atoms with Gasteiger partial charge in [0.15, 0.2) is 0 Å². The van der Waals surface area contributed by atoms with Gasteiger partial charge < -0.3 is 10.6 Å². The lowest BCUT2D eigenvalue weighted by Crippen LogP contribution is -2.21. The number of benzene rings is 1. The number of hydrogen-bond donors (Lipinski definition) is 1. The molecule has 2 aliphatic rings. The molecule has 112 valence electrons. The standard InChI is InChI=1S/C16H17F3N2/c17-16(18,19)13-5-1-3-11(7-13)9-21-6-2-4-12(10-21)14-8-15(14)20/h1-5,7,10,14-15H,6,8-9,20H2/t14-,15+/m0/s1. The summed E-state index contributed by atoms with van der Waals surface area (Å²) in [5.74, 6) is 0.408. The minimum atomic E-state index is -4.29. The number of hydrogen-bond acceptors (Lipinski definition) is 2. The molecular weight excluding hydrogens is 277 g/mol. The van der Waals surface area contributed by atoms with Gasteiger partial charge in [0.05, 0.1) is 5.56 Å². The van der Waals surface area contributed by atoms with Crippen LogP contribution in [0.25, 0.3) is 0 Å². The van der Waals surface area contributed by atoms with Crippen LogP contribution in [0.15, 0.2) is 48.2 Å². The van der Waals surface area contributed by atoms with Crippen LogP contribution in [0.2, 0.25) is 0 Å². The number of alkyl halides is 3. The van der Waals surface area contributed by atoms with Gasteiger partial charge in [-0.3, -0.25) is 0 Å². The predicted octanol–water partition coefficient (Wildman–Crippen LogP) is 3.31. The molecule has 0 radical (unpaired) electrons. The van der Waals surface area contributed by atoms with Crippen molar-refractivity contribution in [1.82, 2.24) is 4.90 Å². The molecule has 1 aliphatic carbocycles. The summed E-state index contributed by atoms with van der Waals surface area (Å²) in [6, 6.07) is 5.73. The van der Waals surface area contributed by atoms with E-state index in [4.69, 9.17) is 5.73 Å². The second-order valence-corrected chi connectivity index (χ2v) is 5.67. The van der Waals surface area contributed by atoms with E-state index in [0.717, 1.165) is 12.5 Å². The lowest BCUT2D eigenvalue weighted by molar-refractivity contribution is -0.137. The van der Waals surface area contributed by atoms with E-state index in [9.17, 15) is 13.2 Å². The molecule has 2 N–H and O–H groups in total. The van der Waals surface area contributed by atoms with Gasteiger partial charge in [-0.2, -0.15) is 13.2 Å². The fourth-order valence-electron chi connectivity index (χ4n) is 2.64. The number of rotatable bonds is 3. The smallest absolute Gasteiger partial charge is 0.369 e. The van der Waals surface area contributed by atoms with Crippen molar-refractivity contribution in [2.24, 2.45) is 11.7 Å². The van der Waals surface area contributed by atoms with E-state index in [0.29, 0.717) is 24.6 Å². The Balaban J connectivity index is 1.72. The highest BCUT2D eigenvalue weighted by atomic mass is 19.4. The maximum absolute atomic E-state index is 12.7. The third-order valence-corrected chi connectivity index (χ3v) is 3.89. The monoisotopic (exact) mass is 294 g/mol. The highest BCUT2D eigenvalue weighted by molar-refractivity contribution is 5.32. The van der Waals surface area contributed by atoms with Crippen molar-refractivity contribution >= 4 is 0 Å². The SMILES string of the molecule is N[C@@H]1C[C@H]1C1=CN(Cc2cccc(C(F)(F)F)c2)CC=C1. The molecule has 2 atom stereocenters. The molecule has 1 heterocycles. The summed E-state index contributed by atoms with van der Waals surface area (Å²) in [4.78, 5) is 2.02. The Hall–Kier alpha value is -1.75. The summed E-state index contributed by atoms with van der Waals surface area (Å²) in [5.41, 5.74) is 7.09. The molecule has 3 rings (SSSR count). The molecule has 0 spiro atoms. The maximum Gasteiger partial charge on any atom is 0.416 e. The normalized spacial score (nSPS) is 25.0. The van der Waals surface area contributed by atoms with Gasteiger partial charge in [0.25, 0.3) is 0 Å². The summed E-state index contributed by atoms with van der Waals surface area (Å²) in [7, 11) is 0. The van der Waals surface area contributed by atoms with Crippen LogP contribution in [0.1, 0.15) is 17.5 Å². The van der Waals surface area contributed by atoms with Crippen molar-refractivity contribution in [3.05, 3.63) is 59.3 Å². The Labute approximate surface area is 121 Å². The third-order valence-electron chi connectivity index (χ3n) is 3.89. The Morgan fingerprint density at radius 2 is 2.05 bits per heavy atom. The zero-order valence-electron chi connectivity index (χ0n) is 11.5. The molecule has 0 unspecified atom stereocenters. The second-order valence-electron chi connectivity index (χ2n) is 5.67. The summed E-state index contributed by atoms with van der Waals surface area (Å²) in [5, 5.41) is 0. The van der Waals surface area contributed by atoms with Gasteiger partial charge in [-0.1, -0.05) is 24.3 Å². The Kier molecular flexibility index (Phi) is 3.53. The van der Waals surface area contributed by atoms with Gasteiger partial charge in [-0.15, -0.1) is 0 Å². The van der Waals surface area contributed by atoms with Crippen LogP contribution >= 0.6 is 0 Å². The average Bonchev–Trinajstić information content (AvgIpc) is 3.16. The molecule has 2 nitrogen and oxygen atoms in total. The molecule has 0 amide bonds. The van der Waals surface area contributed by atoms with Crippen LogP contribution < -0.4 is 5.73 Å². The van der Waals surface area contributed by atoms with Gasteiger partial charge in [-0.05, 0) is 29.7 Å². The maximum atomic E-state index is 12.7. The van der Waals surface area contributed by atoms with Crippen LogP contribution in [0.5, 0.6) is 0 Å². The van der Waals surface area contributed by atoms with E-state index < -0.39 is 11.7 Å². The summed E-state index contributed by atoms with van der Waals surface area (Å²) in [6.07, 6.45) is 2.83. The minimum Gasteiger partial charge on any atom is -0.369 e. The molecule has 1 aromatic rings. The fraction of sp³-hybridized carbons (Fsp3) is 0.375. The van der Waals surface area contributed by atoms with Crippen LogP contribution in [0.4, 0.5) is 13.2 Å². The molecule has 1 fully saturated rings. The second kappa shape index (κ2) is 5.22. The van der Waals surface area contributed by atoms with Gasteiger partial charge in [0, 0.05) is 31.2 Å². The molecule has 5 heteroatoms. The van der Waals surface area contributed by atoms with E-state index >= 15 is 0 Å². The van der Waals surface area contributed by atoms with Gasteiger partial charge in [-0.25, -0.2) is 0 Å². The summed E-state index contributed by atoms with van der Waals surface area (Å²) >= 11 is 0. The van der Waals surface area contributed by atoms with E-state index in [1.807, 2.05) is 17.2 Å². The van der Waals surface area contributed by atoms with Gasteiger partial charge >= 0.3 is 6.18 Å². The third kappa shape index (κ3) is 3.29. The Morgan fingerprint density at radius 1 is 1.29 bits per heavy atom. The first kappa shape index (κ1) is 14.2. The number of allylic oxidation sites excluding steroid dienone is 1. The van der Waals surface area contributed by atoms with Crippen molar-refractivity contribution in [2.45, 2.75) is 25.2 Å². The summed E-state index contributed by atoms with van der Waals surface area (Å²) in [6.45, 7) is 1.18. The zero-order valence-corrected chi connectivity index (χ0v) is 11.5. The van der Waals surface area contributed by atoms with Crippen LogP contribution in [-0.4, -0.2) is 17.5 Å². The van der Waals surface area contributed by atoms with Crippen molar-refractivity contribution in [3.8, 4) is 0 Å². The van der Waals surface area contributed by atoms with Gasteiger partial charge in [0.1, 0.15) is 0 Å². The number of nitrogens with zero attached hydrogens (tertiary/aromatic N) is 1. The molecule has 21 heavy (non-hydrogen) atoms. The molecule has 1 saturated carbocycles. The molecule has 0 bridgehead atoms. The van der Waals surface area contributed by atoms with E-state index in [1.165, 1.54) is 17.7 Å². The highest BCUT2D eigenvalue weighted by Crippen LogP contribution is 2.37. The number of halogens is 3. The van der Waals surface area contributed by atoms with E-state index in [-0.39, 0.29) is 6.04 Å². The van der Waals surface area contributed by atoms with Crippen LogP contribution in [0.3, 0.4) is 0 Å². The van der Waals surface area contributed by atoms with Crippen LogP contribution in [-0.2, 0) is 12.7 Å². The molecule has 1 aliphatic heterocycles. The van der Waals surface area contributed by atoms with E-state index in [1.54, 1.807) is 6.07 Å². The van der Waals surface area contributed by atoms with Crippen molar-refractivity contribution in [3.63, 3.8) is 0 Å². The summed E-state index contributed by atoms with van der Waals surface area (Å²) < 4.78 is 38.1. The average molecular weight is 294 g/mol. The Morgan fingerprint density at radius 3 is 2.71 bits per heavy atom. The van der Waals surface area contributed by atoms with Crippen molar-refractivity contribution < 1.29 is 13.2 Å². The molecule has 1 aromatic carbocycles. The van der Waals surface area contributed by atoms with Crippen molar-refractivity contribution in [1.29, 1.82) is 0 Å². The van der Waals surface area contributed by atoms with Gasteiger partial charge in [0.2, 0.25) is 0 Å². The largest absolute Gasteiger partial charge is 0.416 e. The zero-order chi connectivity index (χ0) is 15.0. The molecular formula is C16H17F3N2. The van der Waals surface area contributed by atoms with Crippen molar-refractivity contribution in [2.75, 3.05) is 6.54 Å². The predicted molar refractivity (Wildman–Crippen MR) is 75.2 cm³/mol. The first-order chi connectivity index (χ1) is 9.93. The molecule has 0 saturated heterocycles. The topological polar surface area (TPSA) is 29.3 Å². The minimum absolute atomic E-state index is 0.231. The lowest BCUT2D eigenvalue weighted by Gasteiger charge is -2.24. The highest BCUT2D eigenvalue weighted by Gasteiger charge is 2.36. The quantitative estimate of drug-likeness (QED) is 0.926. The Bertz CT molecular complexity index is 589. The van der Waals surface area contributed by atoms with Crippen LogP contribution in [0, 0.1) is 5.92 Å². The first-order valence-corrected chi connectivity index (χ1v) is 6.97. The fourth-order valence-corrected chi connectivity index (χ4v) is 2.64. The number of nitrogens with two attached hydrogens (primary N) is 1. The first-order valence-electron chi connectivity index (χ1n) is 6.97. The van der Waals surface area contributed by atoms with E-state index in [2.05, 4.69) is 6.08 Å².